The Hall–Kier alpha value is -2.03. The Morgan fingerprint density at radius 1 is 0.947 bits per heavy atom. The van der Waals surface area contributed by atoms with Crippen LogP contribution in [-0.2, 0) is 9.94 Å². The van der Waals surface area contributed by atoms with Gasteiger partial charge in [0, 0.05) is 11.0 Å². The number of phenols is 2. The van der Waals surface area contributed by atoms with Gasteiger partial charge in [0.25, 0.3) is 0 Å². The van der Waals surface area contributed by atoms with Gasteiger partial charge in [0.15, 0.2) is 11.5 Å². The van der Waals surface area contributed by atoms with Crippen LogP contribution in [0.1, 0.15) is 95.4 Å². The molecule has 0 aromatic heterocycles. The van der Waals surface area contributed by atoms with Gasteiger partial charge in [-0.05, 0) is 103 Å². The van der Waals surface area contributed by atoms with Crippen molar-refractivity contribution in [3.05, 3.63) is 64.7 Å². The molecule has 2 aromatic rings. The van der Waals surface area contributed by atoms with E-state index in [4.69, 9.17) is 9.05 Å². The third-order valence-electron chi connectivity index (χ3n) is 11.3. The fraction of sp³-hybridized carbons (Fsp3) is 0.576. The molecule has 0 saturated heterocycles. The van der Waals surface area contributed by atoms with Crippen molar-refractivity contribution in [1.29, 1.82) is 0 Å². The molecule has 0 bridgehead atoms. The highest BCUT2D eigenvalue weighted by molar-refractivity contribution is 7.26. The van der Waals surface area contributed by atoms with E-state index < -0.39 is 0 Å². The number of para-hydroxylation sites is 1. The van der Waals surface area contributed by atoms with Gasteiger partial charge in [-0.25, -0.2) is 0 Å². The molecule has 3 saturated carbocycles. The van der Waals surface area contributed by atoms with Crippen molar-refractivity contribution >= 4 is 9.03 Å². The number of aromatic hydroxyl groups is 2. The maximum atomic E-state index is 10.8. The molecule has 5 heteroatoms. The molecule has 3 fully saturated rings. The minimum Gasteiger partial charge on any atom is -0.504 e. The quantitative estimate of drug-likeness (QED) is 0.234. The number of phenolic OH excluding ortho intramolecular Hbond substituents is 2. The van der Waals surface area contributed by atoms with E-state index >= 15 is 0 Å². The molecule has 4 aliphatic rings. The third kappa shape index (κ3) is 3.93. The highest BCUT2D eigenvalue weighted by atomic mass is 31.1. The summed E-state index contributed by atoms with van der Waals surface area (Å²) in [5.41, 5.74) is 4.65. The van der Waals surface area contributed by atoms with Crippen LogP contribution in [0, 0.1) is 35.5 Å². The molecular formula is C33H43O4P. The van der Waals surface area contributed by atoms with Crippen LogP contribution >= 0.6 is 9.03 Å². The zero-order valence-electron chi connectivity index (χ0n) is 23.5. The molecule has 2 aromatic carbocycles. The summed E-state index contributed by atoms with van der Waals surface area (Å²) in [5.74, 6) is 2.94. The number of rotatable bonds is 4. The summed E-state index contributed by atoms with van der Waals surface area (Å²) in [4.78, 5) is 0. The highest BCUT2D eigenvalue weighted by Crippen LogP contribution is 2.69. The van der Waals surface area contributed by atoms with E-state index in [2.05, 4.69) is 33.8 Å². The Balaban J connectivity index is 1.41. The predicted molar refractivity (Wildman–Crippen MR) is 154 cm³/mol. The zero-order chi connectivity index (χ0) is 26.9. The summed E-state index contributed by atoms with van der Waals surface area (Å²) in [6.07, 6.45) is 10.9. The van der Waals surface area contributed by atoms with Crippen molar-refractivity contribution in [2.24, 2.45) is 28.6 Å². The predicted octanol–water partition coefficient (Wildman–Crippen LogP) is 8.90. The maximum absolute atomic E-state index is 10.8. The summed E-state index contributed by atoms with van der Waals surface area (Å²) in [7, 11) is -0.172. The Bertz CT molecular complexity index is 1260. The number of hydrogen-bond acceptors (Lipinski definition) is 4. The lowest BCUT2D eigenvalue weighted by Gasteiger charge is -2.64. The molecule has 0 amide bonds. The third-order valence-corrected chi connectivity index (χ3v) is 12.0. The lowest BCUT2D eigenvalue weighted by Crippen LogP contribution is -2.56. The average Bonchev–Trinajstić information content (AvgIpc) is 2.89. The SMILES string of the molecule is Cc1c(O)c(O)cc2c1C(OPOc1ccccc1)C=C1C2(C)CCC2C3CC(C)CCC3(C)CCC12C. The summed E-state index contributed by atoms with van der Waals surface area (Å²) in [6, 6.07) is 11.6. The molecule has 0 radical (unpaired) electrons. The van der Waals surface area contributed by atoms with E-state index in [0.29, 0.717) is 16.9 Å². The Kier molecular flexibility index (Phi) is 6.39. The highest BCUT2D eigenvalue weighted by Gasteiger charge is 2.60. The smallest absolute Gasteiger partial charge is 0.216 e. The molecule has 38 heavy (non-hydrogen) atoms. The molecule has 8 unspecified atom stereocenters. The Labute approximate surface area is 229 Å². The second-order valence-electron chi connectivity index (χ2n) is 13.5. The molecule has 4 nitrogen and oxygen atoms in total. The average molecular weight is 535 g/mol. The van der Waals surface area contributed by atoms with E-state index in [9.17, 15) is 10.2 Å². The lowest BCUT2D eigenvalue weighted by atomic mass is 9.41. The van der Waals surface area contributed by atoms with Crippen molar-refractivity contribution in [2.45, 2.75) is 91.1 Å². The minimum atomic E-state index is -0.323. The van der Waals surface area contributed by atoms with Gasteiger partial charge in [0.2, 0.25) is 9.03 Å². The van der Waals surface area contributed by atoms with E-state index in [1.165, 1.54) is 44.1 Å². The van der Waals surface area contributed by atoms with Gasteiger partial charge >= 0.3 is 0 Å². The van der Waals surface area contributed by atoms with E-state index in [1.807, 2.05) is 43.3 Å². The van der Waals surface area contributed by atoms with Crippen LogP contribution in [0.2, 0.25) is 0 Å². The normalized spacial score (nSPS) is 38.1. The van der Waals surface area contributed by atoms with Crippen LogP contribution in [0.15, 0.2) is 48.0 Å². The topological polar surface area (TPSA) is 58.9 Å². The first-order valence-corrected chi connectivity index (χ1v) is 15.3. The second-order valence-corrected chi connectivity index (χ2v) is 14.1. The first-order valence-electron chi connectivity index (χ1n) is 14.5. The fourth-order valence-corrected chi connectivity index (χ4v) is 9.59. The molecular weight excluding hydrogens is 491 g/mol. The first-order chi connectivity index (χ1) is 18.1. The van der Waals surface area contributed by atoms with Gasteiger partial charge in [-0.1, -0.05) is 64.0 Å². The summed E-state index contributed by atoms with van der Waals surface area (Å²) < 4.78 is 12.5. The van der Waals surface area contributed by atoms with Crippen LogP contribution in [0.3, 0.4) is 0 Å². The lowest BCUT2D eigenvalue weighted by molar-refractivity contribution is -0.0815. The van der Waals surface area contributed by atoms with E-state index in [0.717, 1.165) is 35.1 Å². The minimum absolute atomic E-state index is 0.0324. The molecule has 0 heterocycles. The van der Waals surface area contributed by atoms with Crippen molar-refractivity contribution in [3.8, 4) is 17.2 Å². The van der Waals surface area contributed by atoms with Gasteiger partial charge in [-0.2, -0.15) is 0 Å². The van der Waals surface area contributed by atoms with Crippen molar-refractivity contribution in [1.82, 2.24) is 0 Å². The van der Waals surface area contributed by atoms with E-state index in [1.54, 1.807) is 0 Å². The van der Waals surface area contributed by atoms with E-state index in [-0.39, 0.29) is 37.5 Å². The van der Waals surface area contributed by atoms with Gasteiger partial charge in [0.1, 0.15) is 11.9 Å². The van der Waals surface area contributed by atoms with Crippen LogP contribution in [-0.4, -0.2) is 10.2 Å². The standard InChI is InChI=1S/C33H43O4P/c1-20-11-13-31(3)15-16-33(5)23(24(31)17-20)12-14-32(4)25-18-26(34)30(35)21(2)29(25)27(19-28(32)33)37-38-36-22-9-7-6-8-10-22/h6-10,18-20,23-24,27,34-35,38H,11-17H2,1-5H3. The molecule has 4 aliphatic carbocycles. The van der Waals surface area contributed by atoms with Gasteiger partial charge in [-0.3, -0.25) is 0 Å². The summed E-state index contributed by atoms with van der Waals surface area (Å²) >= 11 is 0. The Morgan fingerprint density at radius 3 is 2.47 bits per heavy atom. The zero-order valence-corrected chi connectivity index (χ0v) is 24.5. The largest absolute Gasteiger partial charge is 0.504 e. The van der Waals surface area contributed by atoms with Crippen molar-refractivity contribution in [3.63, 3.8) is 0 Å². The van der Waals surface area contributed by atoms with Crippen molar-refractivity contribution < 1.29 is 19.3 Å². The molecule has 0 aliphatic heterocycles. The van der Waals surface area contributed by atoms with Crippen LogP contribution < -0.4 is 4.52 Å². The maximum Gasteiger partial charge on any atom is 0.216 e. The fourth-order valence-electron chi connectivity index (χ4n) is 9.02. The van der Waals surface area contributed by atoms with Crippen LogP contribution in [0.4, 0.5) is 0 Å². The van der Waals surface area contributed by atoms with Crippen LogP contribution in [0.25, 0.3) is 0 Å². The molecule has 204 valence electrons. The molecule has 6 rings (SSSR count). The number of fused-ring (bicyclic) bond motifs is 7. The van der Waals surface area contributed by atoms with Gasteiger partial charge in [-0.15, -0.1) is 0 Å². The first kappa shape index (κ1) is 26.2. The summed E-state index contributed by atoms with van der Waals surface area (Å²) in [5, 5.41) is 21.5. The monoisotopic (exact) mass is 534 g/mol. The number of allylic oxidation sites excluding steroid dienone is 1. The van der Waals surface area contributed by atoms with Crippen LogP contribution in [0.5, 0.6) is 17.2 Å². The van der Waals surface area contributed by atoms with Gasteiger partial charge < -0.3 is 19.3 Å². The molecule has 0 spiro atoms. The number of benzene rings is 2. The number of hydrogen-bond donors (Lipinski definition) is 2. The molecule has 8 atom stereocenters. The summed E-state index contributed by atoms with van der Waals surface area (Å²) in [6.45, 7) is 11.8. The second kappa shape index (κ2) is 9.27. The Morgan fingerprint density at radius 2 is 1.71 bits per heavy atom. The van der Waals surface area contributed by atoms with Gasteiger partial charge in [0.05, 0.1) is 0 Å². The molecule has 2 N–H and O–H groups in total. The van der Waals surface area contributed by atoms with Crippen molar-refractivity contribution in [2.75, 3.05) is 0 Å².